The zero-order chi connectivity index (χ0) is 21.0. The van der Waals surface area contributed by atoms with Crippen LogP contribution in [-0.4, -0.2) is 40.7 Å². The standard InChI is InChI=1S/C17H16ClF2N5O4/c18-14-5-6-15(23-22-14)24-7-1-2-10(9-24)16(26)21-12-8-11(25(27)28)3-4-13(12)29-17(19)20/h3-6,8,10,17H,1-2,7,9H2,(H,21,26)/t10-/m1/s1. The SMILES string of the molecule is O=C(Nc1cc([N+](=O)[O-])ccc1OC(F)F)[C@@H]1CCCN(c2ccc(Cl)nn2)C1. The highest BCUT2D eigenvalue weighted by atomic mass is 35.5. The molecule has 1 aromatic heterocycles. The van der Waals surface area contributed by atoms with E-state index in [9.17, 15) is 23.7 Å². The molecule has 0 spiro atoms. The largest absolute Gasteiger partial charge is 0.433 e. The van der Waals surface area contributed by atoms with E-state index in [1.807, 2.05) is 4.90 Å². The van der Waals surface area contributed by atoms with Crippen LogP contribution in [0.2, 0.25) is 5.15 Å². The molecule has 12 heteroatoms. The van der Waals surface area contributed by atoms with Crippen molar-refractivity contribution in [1.82, 2.24) is 10.2 Å². The van der Waals surface area contributed by atoms with Gasteiger partial charge in [-0.2, -0.15) is 8.78 Å². The highest BCUT2D eigenvalue weighted by Gasteiger charge is 2.28. The first-order valence-electron chi connectivity index (χ1n) is 8.62. The molecule has 0 aliphatic carbocycles. The molecular formula is C17H16ClF2N5O4. The monoisotopic (exact) mass is 427 g/mol. The first-order chi connectivity index (χ1) is 13.8. The van der Waals surface area contributed by atoms with E-state index < -0.39 is 23.4 Å². The zero-order valence-electron chi connectivity index (χ0n) is 14.9. The fourth-order valence-electron chi connectivity index (χ4n) is 3.04. The number of rotatable bonds is 6. The van der Waals surface area contributed by atoms with Crippen LogP contribution in [0.1, 0.15) is 12.8 Å². The summed E-state index contributed by atoms with van der Waals surface area (Å²) in [5.74, 6) is -0.740. The third kappa shape index (κ3) is 5.25. The molecule has 29 heavy (non-hydrogen) atoms. The minimum atomic E-state index is -3.14. The topological polar surface area (TPSA) is 110 Å². The fourth-order valence-corrected chi connectivity index (χ4v) is 3.14. The average Bonchev–Trinajstić information content (AvgIpc) is 2.69. The molecule has 2 heterocycles. The van der Waals surface area contributed by atoms with E-state index in [1.54, 1.807) is 12.1 Å². The molecule has 1 N–H and O–H groups in total. The van der Waals surface area contributed by atoms with Crippen molar-refractivity contribution in [2.45, 2.75) is 19.5 Å². The number of carbonyl (C=O) groups is 1. The van der Waals surface area contributed by atoms with Gasteiger partial charge >= 0.3 is 6.61 Å². The van der Waals surface area contributed by atoms with Crippen molar-refractivity contribution >= 4 is 34.7 Å². The summed E-state index contributed by atoms with van der Waals surface area (Å²) in [5.41, 5.74) is -0.545. The number of non-ortho nitro benzene ring substituents is 1. The van der Waals surface area contributed by atoms with Crippen LogP contribution in [0.3, 0.4) is 0 Å². The van der Waals surface area contributed by atoms with Gasteiger partial charge in [0.05, 0.1) is 16.5 Å². The molecule has 0 radical (unpaired) electrons. The molecule has 1 aromatic carbocycles. The minimum absolute atomic E-state index is 0.187. The van der Waals surface area contributed by atoms with Gasteiger partial charge in [0.2, 0.25) is 5.91 Å². The number of halogens is 3. The summed E-state index contributed by atoms with van der Waals surface area (Å²) < 4.78 is 29.6. The predicted molar refractivity (Wildman–Crippen MR) is 100 cm³/mol. The molecule has 0 saturated carbocycles. The first kappa shape index (κ1) is 20.6. The van der Waals surface area contributed by atoms with Gasteiger partial charge in [0.25, 0.3) is 5.69 Å². The van der Waals surface area contributed by atoms with Gasteiger partial charge in [-0.1, -0.05) is 11.6 Å². The lowest BCUT2D eigenvalue weighted by Crippen LogP contribution is -2.41. The zero-order valence-corrected chi connectivity index (χ0v) is 15.7. The summed E-state index contributed by atoms with van der Waals surface area (Å²) >= 11 is 5.74. The third-order valence-electron chi connectivity index (χ3n) is 4.38. The number of nitrogens with zero attached hydrogens (tertiary/aromatic N) is 4. The Labute approximate surface area is 168 Å². The van der Waals surface area contributed by atoms with Crippen molar-refractivity contribution in [3.8, 4) is 5.75 Å². The van der Waals surface area contributed by atoms with E-state index in [4.69, 9.17) is 11.6 Å². The number of amides is 1. The van der Waals surface area contributed by atoms with Gasteiger partial charge in [0.15, 0.2) is 11.0 Å². The highest BCUT2D eigenvalue weighted by molar-refractivity contribution is 6.29. The van der Waals surface area contributed by atoms with Crippen LogP contribution in [0.5, 0.6) is 5.75 Å². The number of anilines is 2. The first-order valence-corrected chi connectivity index (χ1v) is 8.99. The lowest BCUT2D eigenvalue weighted by molar-refractivity contribution is -0.384. The lowest BCUT2D eigenvalue weighted by Gasteiger charge is -2.32. The Morgan fingerprint density at radius 2 is 2.14 bits per heavy atom. The van der Waals surface area contributed by atoms with Crippen molar-refractivity contribution < 1.29 is 23.2 Å². The molecule has 0 bridgehead atoms. The Bertz CT molecular complexity index is 900. The van der Waals surface area contributed by atoms with Crippen LogP contribution in [0.25, 0.3) is 0 Å². The summed E-state index contributed by atoms with van der Waals surface area (Å²) in [4.78, 5) is 24.9. The predicted octanol–water partition coefficient (Wildman–Crippen LogP) is 3.49. The number of nitro benzene ring substituents is 1. The second-order valence-corrected chi connectivity index (χ2v) is 6.69. The molecular weight excluding hydrogens is 412 g/mol. The van der Waals surface area contributed by atoms with E-state index in [-0.39, 0.29) is 22.3 Å². The molecule has 1 saturated heterocycles. The van der Waals surface area contributed by atoms with Gasteiger partial charge in [-0.15, -0.1) is 10.2 Å². The van der Waals surface area contributed by atoms with Gasteiger partial charge in [-0.3, -0.25) is 14.9 Å². The number of hydrogen-bond donors (Lipinski definition) is 1. The van der Waals surface area contributed by atoms with Crippen molar-refractivity contribution in [3.63, 3.8) is 0 Å². The Balaban J connectivity index is 1.75. The number of piperidine rings is 1. The van der Waals surface area contributed by atoms with Gasteiger partial charge < -0.3 is 15.0 Å². The number of ether oxygens (including phenoxy) is 1. The summed E-state index contributed by atoms with van der Waals surface area (Å²) in [5, 5.41) is 21.5. The van der Waals surface area contributed by atoms with E-state index in [0.29, 0.717) is 31.7 Å². The van der Waals surface area contributed by atoms with E-state index >= 15 is 0 Å². The number of alkyl halides is 2. The van der Waals surface area contributed by atoms with Crippen molar-refractivity contribution in [3.05, 3.63) is 45.6 Å². The normalized spacial score (nSPS) is 16.6. The molecule has 1 aliphatic heterocycles. The van der Waals surface area contributed by atoms with Crippen molar-refractivity contribution in [2.75, 3.05) is 23.3 Å². The maximum absolute atomic E-state index is 12.7. The number of nitrogens with one attached hydrogen (secondary N) is 1. The summed E-state index contributed by atoms with van der Waals surface area (Å²) in [6, 6.07) is 6.31. The van der Waals surface area contributed by atoms with Gasteiger partial charge in [0, 0.05) is 25.2 Å². The number of aromatic nitrogens is 2. The van der Waals surface area contributed by atoms with Crippen LogP contribution in [0.15, 0.2) is 30.3 Å². The Morgan fingerprint density at radius 3 is 2.79 bits per heavy atom. The second kappa shape index (κ2) is 8.95. The molecule has 1 aliphatic rings. The maximum atomic E-state index is 12.7. The van der Waals surface area contributed by atoms with Crippen LogP contribution in [0.4, 0.5) is 26.0 Å². The summed E-state index contributed by atoms with van der Waals surface area (Å²) in [7, 11) is 0. The number of carbonyl (C=O) groups excluding carboxylic acids is 1. The number of hydrogen-bond acceptors (Lipinski definition) is 7. The average molecular weight is 428 g/mol. The van der Waals surface area contributed by atoms with E-state index in [1.165, 1.54) is 0 Å². The van der Waals surface area contributed by atoms with Gasteiger partial charge in [0.1, 0.15) is 5.75 Å². The summed E-state index contributed by atoms with van der Waals surface area (Å²) in [6.45, 7) is -2.15. The second-order valence-electron chi connectivity index (χ2n) is 6.30. The van der Waals surface area contributed by atoms with Crippen molar-refractivity contribution in [2.24, 2.45) is 5.92 Å². The molecule has 9 nitrogen and oxygen atoms in total. The molecule has 1 atom stereocenters. The van der Waals surface area contributed by atoms with Crippen LogP contribution in [-0.2, 0) is 4.79 Å². The fraction of sp³-hybridized carbons (Fsp3) is 0.353. The number of benzene rings is 1. The van der Waals surface area contributed by atoms with Gasteiger partial charge in [-0.25, -0.2) is 0 Å². The molecule has 1 fully saturated rings. The van der Waals surface area contributed by atoms with Gasteiger partial charge in [-0.05, 0) is 31.0 Å². The van der Waals surface area contributed by atoms with Crippen LogP contribution < -0.4 is 15.0 Å². The summed E-state index contributed by atoms with van der Waals surface area (Å²) in [6.07, 6.45) is 1.25. The lowest BCUT2D eigenvalue weighted by atomic mass is 9.97. The molecule has 154 valence electrons. The molecule has 1 amide bonds. The molecule has 0 unspecified atom stereocenters. The molecule has 2 aromatic rings. The smallest absolute Gasteiger partial charge is 0.387 e. The highest BCUT2D eigenvalue weighted by Crippen LogP contribution is 2.31. The van der Waals surface area contributed by atoms with Crippen LogP contribution in [0, 0.1) is 16.0 Å². The Kier molecular flexibility index (Phi) is 6.37. The van der Waals surface area contributed by atoms with Crippen LogP contribution >= 0.6 is 11.6 Å². The quantitative estimate of drug-likeness (QED) is 0.554. The van der Waals surface area contributed by atoms with Crippen molar-refractivity contribution in [1.29, 1.82) is 0 Å². The third-order valence-corrected chi connectivity index (χ3v) is 4.58. The minimum Gasteiger partial charge on any atom is -0.433 e. The molecule has 3 rings (SSSR count). The number of nitro groups is 1. The van der Waals surface area contributed by atoms with E-state index in [2.05, 4.69) is 20.3 Å². The maximum Gasteiger partial charge on any atom is 0.387 e. The van der Waals surface area contributed by atoms with E-state index in [0.717, 1.165) is 18.2 Å². The Hall–Kier alpha value is -3.08. The Morgan fingerprint density at radius 1 is 1.34 bits per heavy atom.